The molecular weight excluding hydrogens is 447 g/mol. The van der Waals surface area contributed by atoms with Crippen molar-refractivity contribution >= 4 is 28.7 Å². The molecule has 0 aromatic heterocycles. The van der Waals surface area contributed by atoms with Crippen molar-refractivity contribution in [3.8, 4) is 0 Å². The number of nitrogens with zero attached hydrogens (tertiary/aromatic N) is 4. The Morgan fingerprint density at radius 1 is 1.03 bits per heavy atom. The molecule has 2 aromatic rings. The van der Waals surface area contributed by atoms with E-state index in [9.17, 15) is 38.2 Å². The molecule has 0 aliphatic carbocycles. The van der Waals surface area contributed by atoms with Crippen LogP contribution in [0.4, 0.5) is 35.9 Å². The van der Waals surface area contributed by atoms with E-state index in [-0.39, 0.29) is 36.9 Å². The highest BCUT2D eigenvalue weighted by Crippen LogP contribution is 2.36. The third-order valence-corrected chi connectivity index (χ3v) is 5.27. The number of rotatable bonds is 6. The molecule has 1 N–H and O–H groups in total. The van der Waals surface area contributed by atoms with Crippen LogP contribution in [-0.2, 0) is 11.0 Å². The summed E-state index contributed by atoms with van der Waals surface area (Å²) in [7, 11) is 0. The Labute approximate surface area is 185 Å². The Kier molecular flexibility index (Phi) is 6.81. The fraction of sp³-hybridized carbons (Fsp3) is 0.350. The minimum atomic E-state index is -4.68. The van der Waals surface area contributed by atoms with E-state index in [1.165, 1.54) is 18.2 Å². The van der Waals surface area contributed by atoms with Gasteiger partial charge in [-0.2, -0.15) is 13.2 Å². The molecule has 1 heterocycles. The fourth-order valence-electron chi connectivity index (χ4n) is 3.55. The molecule has 13 heteroatoms. The molecule has 1 aliphatic heterocycles. The number of hydrogen-bond acceptors (Lipinski definition) is 7. The normalized spacial score (nSPS) is 14.7. The summed E-state index contributed by atoms with van der Waals surface area (Å²) in [6.07, 6.45) is -4.68. The van der Waals surface area contributed by atoms with Crippen LogP contribution in [0.2, 0.25) is 0 Å². The maximum atomic E-state index is 12.9. The highest BCUT2D eigenvalue weighted by molar-refractivity contribution is 5.93. The molecule has 2 aromatic carbocycles. The molecule has 3 rings (SSSR count). The van der Waals surface area contributed by atoms with Gasteiger partial charge >= 0.3 is 6.18 Å². The largest absolute Gasteiger partial charge is 0.416 e. The average Bonchev–Trinajstić information content (AvgIpc) is 2.74. The Morgan fingerprint density at radius 3 is 2.24 bits per heavy atom. The summed E-state index contributed by atoms with van der Waals surface area (Å²) in [6, 6.07) is 6.54. The van der Waals surface area contributed by atoms with Crippen LogP contribution in [0.25, 0.3) is 0 Å². The van der Waals surface area contributed by atoms with Gasteiger partial charge in [0.15, 0.2) is 0 Å². The first-order valence-electron chi connectivity index (χ1n) is 9.83. The predicted octanol–water partition coefficient (Wildman–Crippen LogP) is 3.59. The Morgan fingerprint density at radius 2 is 1.70 bits per heavy atom. The van der Waals surface area contributed by atoms with E-state index < -0.39 is 27.3 Å². The van der Waals surface area contributed by atoms with Crippen LogP contribution < -0.4 is 10.2 Å². The number of nitro benzene ring substituents is 2. The number of aryl methyl sites for hydroxylation is 1. The zero-order chi connectivity index (χ0) is 24.3. The molecular formula is C20H20F3N5O5. The highest BCUT2D eigenvalue weighted by atomic mass is 19.4. The van der Waals surface area contributed by atoms with Gasteiger partial charge in [0.1, 0.15) is 5.69 Å². The maximum absolute atomic E-state index is 12.9. The number of hydrogen-bond donors (Lipinski definition) is 1. The second kappa shape index (κ2) is 9.40. The van der Waals surface area contributed by atoms with Crippen molar-refractivity contribution in [3.05, 3.63) is 67.8 Å². The Hall–Kier alpha value is -3.74. The number of piperazine rings is 1. The number of nitrogens with one attached hydrogen (secondary N) is 1. The lowest BCUT2D eigenvalue weighted by molar-refractivity contribution is -0.384. The molecule has 1 fully saturated rings. The Bertz CT molecular complexity index is 1080. The van der Waals surface area contributed by atoms with Gasteiger partial charge in [0, 0.05) is 50.1 Å². The molecule has 1 saturated heterocycles. The number of alkyl halides is 3. The van der Waals surface area contributed by atoms with Gasteiger partial charge in [-0.25, -0.2) is 0 Å². The lowest BCUT2D eigenvalue weighted by Gasteiger charge is -2.35. The van der Waals surface area contributed by atoms with Gasteiger partial charge < -0.3 is 10.2 Å². The van der Waals surface area contributed by atoms with Gasteiger partial charge in [-0.1, -0.05) is 0 Å². The molecule has 10 nitrogen and oxygen atoms in total. The summed E-state index contributed by atoms with van der Waals surface area (Å²) in [5, 5.41) is 24.8. The fourth-order valence-corrected chi connectivity index (χ4v) is 3.55. The van der Waals surface area contributed by atoms with Crippen LogP contribution in [0, 0.1) is 27.2 Å². The average molecular weight is 467 g/mol. The van der Waals surface area contributed by atoms with Gasteiger partial charge in [-0.3, -0.25) is 29.9 Å². The van der Waals surface area contributed by atoms with Gasteiger partial charge in [0.25, 0.3) is 11.4 Å². The van der Waals surface area contributed by atoms with E-state index in [4.69, 9.17) is 0 Å². The van der Waals surface area contributed by atoms with E-state index in [0.717, 1.165) is 12.1 Å². The molecule has 1 aliphatic rings. The number of anilines is 2. The van der Waals surface area contributed by atoms with Crippen molar-refractivity contribution in [2.45, 2.75) is 13.1 Å². The van der Waals surface area contributed by atoms with Crippen molar-refractivity contribution in [2.75, 3.05) is 42.9 Å². The number of nitro groups is 2. The summed E-state index contributed by atoms with van der Waals surface area (Å²) in [4.78, 5) is 36.6. The van der Waals surface area contributed by atoms with Gasteiger partial charge in [-0.05, 0) is 30.7 Å². The number of benzene rings is 2. The minimum absolute atomic E-state index is 0.0272. The smallest absolute Gasteiger partial charge is 0.363 e. The second-order valence-electron chi connectivity index (χ2n) is 7.53. The lowest BCUT2D eigenvalue weighted by Crippen LogP contribution is -2.48. The molecule has 0 bridgehead atoms. The summed E-state index contributed by atoms with van der Waals surface area (Å²) in [5.41, 5.74) is -0.710. The number of carbonyl (C=O) groups is 1. The third-order valence-electron chi connectivity index (χ3n) is 5.27. The van der Waals surface area contributed by atoms with E-state index in [0.29, 0.717) is 30.4 Å². The number of halogens is 3. The maximum Gasteiger partial charge on any atom is 0.416 e. The third kappa shape index (κ3) is 5.74. The highest BCUT2D eigenvalue weighted by Gasteiger charge is 2.34. The zero-order valence-electron chi connectivity index (χ0n) is 17.5. The predicted molar refractivity (Wildman–Crippen MR) is 113 cm³/mol. The standard InChI is InChI=1S/C20H20F3N5O5/c1-13-10-15(27(30)31)3-4-16(13)24-19(29)12-25-6-8-26(9-7-25)17-5-2-14(20(21,22)23)11-18(17)28(32)33/h2-5,10-11H,6-9,12H2,1H3,(H,24,29). The molecule has 0 atom stereocenters. The number of amides is 1. The summed E-state index contributed by atoms with van der Waals surface area (Å²) in [5.74, 6) is -0.332. The van der Waals surface area contributed by atoms with Gasteiger partial charge in [0.05, 0.1) is 22.0 Å². The summed E-state index contributed by atoms with van der Waals surface area (Å²) in [6.45, 7) is 2.97. The monoisotopic (exact) mass is 467 g/mol. The number of non-ortho nitro benzene ring substituents is 1. The van der Waals surface area contributed by atoms with Crippen molar-refractivity contribution in [2.24, 2.45) is 0 Å². The van der Waals surface area contributed by atoms with Gasteiger partial charge in [-0.15, -0.1) is 0 Å². The van der Waals surface area contributed by atoms with Crippen LogP contribution in [0.1, 0.15) is 11.1 Å². The van der Waals surface area contributed by atoms with E-state index in [2.05, 4.69) is 5.32 Å². The topological polar surface area (TPSA) is 122 Å². The quantitative estimate of drug-likeness (QED) is 0.509. The van der Waals surface area contributed by atoms with E-state index in [1.807, 2.05) is 4.90 Å². The van der Waals surface area contributed by atoms with E-state index >= 15 is 0 Å². The van der Waals surface area contributed by atoms with Gasteiger partial charge in [0.2, 0.25) is 5.91 Å². The SMILES string of the molecule is Cc1cc([N+](=O)[O-])ccc1NC(=O)CN1CCN(c2ccc(C(F)(F)F)cc2[N+](=O)[O-])CC1. The molecule has 1 amide bonds. The lowest BCUT2D eigenvalue weighted by atomic mass is 10.1. The molecule has 176 valence electrons. The molecule has 0 radical (unpaired) electrons. The minimum Gasteiger partial charge on any atom is -0.363 e. The van der Waals surface area contributed by atoms with Crippen LogP contribution in [0.5, 0.6) is 0 Å². The van der Waals surface area contributed by atoms with Crippen LogP contribution in [-0.4, -0.2) is 53.4 Å². The van der Waals surface area contributed by atoms with E-state index in [1.54, 1.807) is 11.8 Å². The zero-order valence-corrected chi connectivity index (χ0v) is 17.5. The Balaban J connectivity index is 1.61. The molecule has 0 spiro atoms. The van der Waals surface area contributed by atoms with Crippen molar-refractivity contribution in [1.29, 1.82) is 0 Å². The van der Waals surface area contributed by atoms with Crippen molar-refractivity contribution < 1.29 is 27.8 Å². The molecule has 33 heavy (non-hydrogen) atoms. The first-order chi connectivity index (χ1) is 15.5. The number of carbonyl (C=O) groups excluding carboxylic acids is 1. The van der Waals surface area contributed by atoms with Crippen molar-refractivity contribution in [1.82, 2.24) is 4.90 Å². The summed E-state index contributed by atoms with van der Waals surface area (Å²) >= 11 is 0. The van der Waals surface area contributed by atoms with Crippen LogP contribution in [0.15, 0.2) is 36.4 Å². The molecule has 0 saturated carbocycles. The first kappa shape index (κ1) is 23.9. The van der Waals surface area contributed by atoms with Crippen LogP contribution in [0.3, 0.4) is 0 Å². The van der Waals surface area contributed by atoms with Crippen LogP contribution >= 0.6 is 0 Å². The summed E-state index contributed by atoms with van der Waals surface area (Å²) < 4.78 is 38.7. The second-order valence-corrected chi connectivity index (χ2v) is 7.53. The van der Waals surface area contributed by atoms with Crippen molar-refractivity contribution in [3.63, 3.8) is 0 Å². The molecule has 0 unspecified atom stereocenters. The first-order valence-corrected chi connectivity index (χ1v) is 9.83.